The number of hydrogen-bond acceptors (Lipinski definition) is 2. The van der Waals surface area contributed by atoms with Crippen LogP contribution in [0.3, 0.4) is 0 Å². The molecule has 0 bridgehead atoms. The van der Waals surface area contributed by atoms with E-state index in [-0.39, 0.29) is 5.78 Å². The van der Waals surface area contributed by atoms with Crippen molar-refractivity contribution in [1.82, 2.24) is 4.98 Å². The first-order valence-corrected chi connectivity index (χ1v) is 6.48. The van der Waals surface area contributed by atoms with Crippen LogP contribution < -0.4 is 0 Å². The molecule has 0 aliphatic heterocycles. The summed E-state index contributed by atoms with van der Waals surface area (Å²) < 4.78 is 0. The van der Waals surface area contributed by atoms with Crippen LogP contribution in [0, 0.1) is 0 Å². The van der Waals surface area contributed by atoms with Crippen LogP contribution in [-0.2, 0) is 0 Å². The van der Waals surface area contributed by atoms with Crippen molar-refractivity contribution in [1.29, 1.82) is 0 Å². The smallest absolute Gasteiger partial charge is 0.191 e. The van der Waals surface area contributed by atoms with E-state index in [0.29, 0.717) is 16.9 Å². The third-order valence-corrected chi connectivity index (χ3v) is 2.75. The summed E-state index contributed by atoms with van der Waals surface area (Å²) in [4.78, 5) is 15.3. The topological polar surface area (TPSA) is 30.0 Å². The summed E-state index contributed by atoms with van der Waals surface area (Å²) in [7, 11) is 0. The fourth-order valence-electron chi connectivity index (χ4n) is 1.30. The molecule has 0 atom stereocenters. The Bertz CT molecular complexity index is 317. The first-order chi connectivity index (χ1) is 7.31. The molecule has 1 saturated carbocycles. The van der Waals surface area contributed by atoms with Crippen molar-refractivity contribution < 1.29 is 4.79 Å². The Kier molecular flexibility index (Phi) is 4.95. The molecule has 0 unspecified atom stereocenters. The van der Waals surface area contributed by atoms with Crippen molar-refractivity contribution in [2.75, 3.05) is 5.33 Å². The van der Waals surface area contributed by atoms with Crippen molar-refractivity contribution in [3.8, 4) is 0 Å². The van der Waals surface area contributed by atoms with Gasteiger partial charge in [-0.1, -0.05) is 35.8 Å². The van der Waals surface area contributed by atoms with Crippen LogP contribution in [-0.4, -0.2) is 16.1 Å². The number of ketones is 1. The quantitative estimate of drug-likeness (QED) is 0.621. The van der Waals surface area contributed by atoms with E-state index < -0.39 is 0 Å². The molecular formula is C12H16BrNO. The van der Waals surface area contributed by atoms with Gasteiger partial charge in [0.25, 0.3) is 0 Å². The van der Waals surface area contributed by atoms with Gasteiger partial charge in [0.05, 0.1) is 5.33 Å². The molecule has 0 N–H and O–H groups in total. The number of pyridine rings is 1. The fraction of sp³-hybridized carbons (Fsp3) is 0.500. The van der Waals surface area contributed by atoms with Crippen LogP contribution >= 0.6 is 15.9 Å². The van der Waals surface area contributed by atoms with Gasteiger partial charge >= 0.3 is 0 Å². The van der Waals surface area contributed by atoms with Gasteiger partial charge in [-0.15, -0.1) is 0 Å². The van der Waals surface area contributed by atoms with Gasteiger partial charge < -0.3 is 0 Å². The Morgan fingerprint density at radius 3 is 2.53 bits per heavy atom. The summed E-state index contributed by atoms with van der Waals surface area (Å²) in [6.45, 7) is 4.00. The average Bonchev–Trinajstić information content (AvgIpc) is 3.15. The number of nitrogens with zero attached hydrogens (tertiary/aromatic N) is 1. The normalized spacial score (nSPS) is 14.1. The molecule has 2 rings (SSSR count). The summed E-state index contributed by atoms with van der Waals surface area (Å²) in [6, 6.07) is 3.83. The largest absolute Gasteiger partial charge is 0.291 e. The molecule has 0 aromatic carbocycles. The number of carbonyl (C=O) groups excluding carboxylic acids is 1. The predicted molar refractivity (Wildman–Crippen MR) is 65.7 cm³/mol. The standard InChI is InChI=1S/C10H10BrNO.C2H6/c11-5-10(13)9-4-3-8(6-12-9)7-1-2-7;1-2/h3-4,6-7H,1-2,5H2;1-2H3. The van der Waals surface area contributed by atoms with Crippen LogP contribution in [0.25, 0.3) is 0 Å². The second-order valence-electron chi connectivity index (χ2n) is 3.31. The van der Waals surface area contributed by atoms with Crippen LogP contribution in [0.4, 0.5) is 0 Å². The molecule has 1 fully saturated rings. The molecule has 0 saturated heterocycles. The van der Waals surface area contributed by atoms with Gasteiger partial charge in [0, 0.05) is 6.20 Å². The lowest BCUT2D eigenvalue weighted by atomic mass is 10.1. The number of halogens is 1. The van der Waals surface area contributed by atoms with E-state index in [9.17, 15) is 4.79 Å². The van der Waals surface area contributed by atoms with E-state index in [1.807, 2.05) is 32.2 Å². The molecule has 82 valence electrons. The SMILES string of the molecule is CC.O=C(CBr)c1ccc(C2CC2)cn1. The summed E-state index contributed by atoms with van der Waals surface area (Å²) in [5, 5.41) is 0.350. The highest BCUT2D eigenvalue weighted by Crippen LogP contribution is 2.39. The van der Waals surface area contributed by atoms with Crippen molar-refractivity contribution in [2.45, 2.75) is 32.6 Å². The first-order valence-electron chi connectivity index (χ1n) is 5.36. The molecule has 2 nitrogen and oxygen atoms in total. The summed E-state index contributed by atoms with van der Waals surface area (Å²) in [5.41, 5.74) is 1.83. The van der Waals surface area contributed by atoms with Gasteiger partial charge in [0.15, 0.2) is 5.78 Å². The number of hydrogen-bond donors (Lipinski definition) is 0. The predicted octanol–water partition coefficient (Wildman–Crippen LogP) is 3.56. The van der Waals surface area contributed by atoms with Gasteiger partial charge in [0.2, 0.25) is 0 Å². The molecule has 3 heteroatoms. The third-order valence-electron chi connectivity index (χ3n) is 2.24. The minimum absolute atomic E-state index is 0.0438. The Hall–Kier alpha value is -0.700. The Morgan fingerprint density at radius 2 is 2.13 bits per heavy atom. The lowest BCUT2D eigenvalue weighted by Gasteiger charge is -1.98. The molecule has 1 aliphatic carbocycles. The number of rotatable bonds is 3. The highest BCUT2D eigenvalue weighted by atomic mass is 79.9. The second kappa shape index (κ2) is 6.01. The number of alkyl halides is 1. The van der Waals surface area contributed by atoms with Crippen LogP contribution in [0.15, 0.2) is 18.3 Å². The zero-order valence-corrected chi connectivity index (χ0v) is 10.8. The molecule has 1 aromatic rings. The van der Waals surface area contributed by atoms with E-state index in [4.69, 9.17) is 0 Å². The Morgan fingerprint density at radius 1 is 1.47 bits per heavy atom. The highest BCUT2D eigenvalue weighted by molar-refractivity contribution is 9.09. The van der Waals surface area contributed by atoms with E-state index >= 15 is 0 Å². The van der Waals surface area contributed by atoms with Gasteiger partial charge in [-0.05, 0) is 30.4 Å². The zero-order chi connectivity index (χ0) is 11.3. The fourth-order valence-corrected chi connectivity index (χ4v) is 1.58. The lowest BCUT2D eigenvalue weighted by Crippen LogP contribution is -2.02. The first kappa shape index (κ1) is 12.4. The lowest BCUT2D eigenvalue weighted by molar-refractivity contribution is 0.101. The summed E-state index contributed by atoms with van der Waals surface area (Å²) >= 11 is 3.12. The highest BCUT2D eigenvalue weighted by Gasteiger charge is 2.23. The average molecular weight is 270 g/mol. The number of aromatic nitrogens is 1. The summed E-state index contributed by atoms with van der Waals surface area (Å²) in [5.74, 6) is 0.753. The van der Waals surface area contributed by atoms with E-state index in [1.54, 1.807) is 0 Å². The summed E-state index contributed by atoms with van der Waals surface area (Å²) in [6.07, 6.45) is 4.37. The van der Waals surface area contributed by atoms with E-state index in [2.05, 4.69) is 20.9 Å². The molecule has 1 aromatic heterocycles. The number of carbonyl (C=O) groups is 1. The second-order valence-corrected chi connectivity index (χ2v) is 3.87. The molecule has 1 aliphatic rings. The minimum atomic E-state index is 0.0438. The van der Waals surface area contributed by atoms with Gasteiger partial charge in [0.1, 0.15) is 5.69 Å². The maximum atomic E-state index is 11.2. The molecular weight excluding hydrogens is 254 g/mol. The van der Waals surface area contributed by atoms with Crippen LogP contribution in [0.2, 0.25) is 0 Å². The van der Waals surface area contributed by atoms with E-state index in [0.717, 1.165) is 0 Å². The Balaban J connectivity index is 0.000000531. The van der Waals surface area contributed by atoms with Crippen molar-refractivity contribution in [2.24, 2.45) is 0 Å². The maximum Gasteiger partial charge on any atom is 0.191 e. The third kappa shape index (κ3) is 3.42. The Labute approximate surface area is 99.2 Å². The van der Waals surface area contributed by atoms with Gasteiger partial charge in [-0.25, -0.2) is 0 Å². The molecule has 15 heavy (non-hydrogen) atoms. The number of Topliss-reactive ketones (excluding diaryl/α,β-unsaturated/α-hetero) is 1. The minimum Gasteiger partial charge on any atom is -0.291 e. The monoisotopic (exact) mass is 269 g/mol. The van der Waals surface area contributed by atoms with Crippen molar-refractivity contribution >= 4 is 21.7 Å². The molecule has 0 amide bonds. The van der Waals surface area contributed by atoms with Crippen molar-refractivity contribution in [3.05, 3.63) is 29.6 Å². The maximum absolute atomic E-state index is 11.2. The van der Waals surface area contributed by atoms with Gasteiger partial charge in [-0.2, -0.15) is 0 Å². The van der Waals surface area contributed by atoms with Crippen LogP contribution in [0.1, 0.15) is 48.7 Å². The molecule has 0 radical (unpaired) electrons. The molecule has 0 spiro atoms. The molecule has 1 heterocycles. The van der Waals surface area contributed by atoms with Gasteiger partial charge in [-0.3, -0.25) is 9.78 Å². The van der Waals surface area contributed by atoms with E-state index in [1.165, 1.54) is 18.4 Å². The van der Waals surface area contributed by atoms with Crippen LogP contribution in [0.5, 0.6) is 0 Å². The zero-order valence-electron chi connectivity index (χ0n) is 9.16. The van der Waals surface area contributed by atoms with Crippen molar-refractivity contribution in [3.63, 3.8) is 0 Å².